The third-order valence-corrected chi connectivity index (χ3v) is 3.89. The number of fused-ring (bicyclic) bond motifs is 1. The molecule has 3 rings (SSSR count). The molecule has 0 unspecified atom stereocenters. The van der Waals surface area contributed by atoms with E-state index in [9.17, 15) is 9.90 Å². The van der Waals surface area contributed by atoms with Gasteiger partial charge in [-0.25, -0.2) is 0 Å². The van der Waals surface area contributed by atoms with Crippen molar-refractivity contribution in [2.45, 2.75) is 6.92 Å². The highest BCUT2D eigenvalue weighted by Gasteiger charge is 2.15. The molecule has 0 aliphatic rings. The monoisotopic (exact) mass is 331 g/mol. The van der Waals surface area contributed by atoms with E-state index in [1.807, 2.05) is 6.92 Å². The molecule has 3 aromatic rings. The zero-order valence-corrected chi connectivity index (χ0v) is 13.3. The van der Waals surface area contributed by atoms with Gasteiger partial charge in [0.05, 0.1) is 12.6 Å². The number of rotatable bonds is 3. The van der Waals surface area contributed by atoms with Gasteiger partial charge in [0.1, 0.15) is 11.5 Å². The number of benzene rings is 2. The van der Waals surface area contributed by atoms with Gasteiger partial charge < -0.3 is 19.6 Å². The van der Waals surface area contributed by atoms with E-state index in [1.54, 1.807) is 36.4 Å². The average molecular weight is 332 g/mol. The molecular formula is C17H14ClNO4. The molecule has 0 amide bonds. The summed E-state index contributed by atoms with van der Waals surface area (Å²) >= 11 is 6.05. The molecule has 1 aromatic heterocycles. The van der Waals surface area contributed by atoms with Crippen LogP contribution in [0.2, 0.25) is 5.02 Å². The predicted octanol–water partition coefficient (Wildman–Crippen LogP) is 4.00. The van der Waals surface area contributed by atoms with Crippen molar-refractivity contribution in [1.29, 1.82) is 0 Å². The summed E-state index contributed by atoms with van der Waals surface area (Å²) in [5.41, 5.74) is 0.688. The predicted molar refractivity (Wildman–Crippen MR) is 89.0 cm³/mol. The number of hydrogen-bond donors (Lipinski definition) is 2. The van der Waals surface area contributed by atoms with E-state index in [0.29, 0.717) is 27.4 Å². The first-order valence-electron chi connectivity index (χ1n) is 6.86. The molecule has 0 bridgehead atoms. The van der Waals surface area contributed by atoms with Crippen molar-refractivity contribution in [2.24, 2.45) is 0 Å². The van der Waals surface area contributed by atoms with Crippen molar-refractivity contribution >= 4 is 22.5 Å². The number of hydrogen-bond acceptors (Lipinski definition) is 4. The first kappa shape index (κ1) is 15.2. The SMILES string of the molecule is COc1cccc(Oc2c(O)c3cc(C)c(Cl)cc3[nH]c2=O)c1. The molecule has 0 saturated carbocycles. The summed E-state index contributed by atoms with van der Waals surface area (Å²) < 4.78 is 10.7. The molecule has 0 radical (unpaired) electrons. The van der Waals surface area contributed by atoms with E-state index >= 15 is 0 Å². The van der Waals surface area contributed by atoms with Crippen LogP contribution in [0.5, 0.6) is 23.0 Å². The van der Waals surface area contributed by atoms with Crippen LogP contribution in [0.25, 0.3) is 10.9 Å². The number of pyridine rings is 1. The zero-order valence-electron chi connectivity index (χ0n) is 12.5. The Bertz CT molecular complexity index is 949. The van der Waals surface area contributed by atoms with Crippen LogP contribution in [0.4, 0.5) is 0 Å². The van der Waals surface area contributed by atoms with Gasteiger partial charge in [-0.15, -0.1) is 0 Å². The standard InChI is InChI=1S/C17H14ClNO4/c1-9-6-12-14(8-13(9)18)19-17(21)16(15(12)20)23-11-5-3-4-10(7-11)22-2/h3-8H,1-2H3,(H2,19,20,21). The smallest absolute Gasteiger partial charge is 0.295 e. The molecule has 118 valence electrons. The Morgan fingerprint density at radius 1 is 1.17 bits per heavy atom. The highest BCUT2D eigenvalue weighted by Crippen LogP contribution is 2.35. The molecule has 23 heavy (non-hydrogen) atoms. The summed E-state index contributed by atoms with van der Waals surface area (Å²) in [5.74, 6) is 0.566. The Labute approximate surface area is 137 Å². The van der Waals surface area contributed by atoms with E-state index in [2.05, 4.69) is 4.98 Å². The number of H-pyrrole nitrogens is 1. The number of nitrogens with one attached hydrogen (secondary N) is 1. The van der Waals surface area contributed by atoms with Crippen LogP contribution in [-0.2, 0) is 0 Å². The van der Waals surface area contributed by atoms with Crippen molar-refractivity contribution < 1.29 is 14.6 Å². The number of ether oxygens (including phenoxy) is 2. The van der Waals surface area contributed by atoms with Crippen LogP contribution < -0.4 is 15.0 Å². The number of aromatic amines is 1. The minimum atomic E-state index is -0.544. The number of aromatic hydroxyl groups is 1. The Hall–Kier alpha value is -2.66. The normalized spacial score (nSPS) is 10.7. The van der Waals surface area contributed by atoms with E-state index in [-0.39, 0.29) is 11.5 Å². The highest BCUT2D eigenvalue weighted by atomic mass is 35.5. The summed E-state index contributed by atoms with van der Waals surface area (Å²) in [5, 5.41) is 11.4. The number of halogens is 1. The van der Waals surface area contributed by atoms with Gasteiger partial charge in [0, 0.05) is 16.5 Å². The van der Waals surface area contributed by atoms with Crippen LogP contribution in [0, 0.1) is 6.92 Å². The molecular weight excluding hydrogens is 318 g/mol. The fraction of sp³-hybridized carbons (Fsp3) is 0.118. The molecule has 5 nitrogen and oxygen atoms in total. The lowest BCUT2D eigenvalue weighted by atomic mass is 10.1. The second-order valence-corrected chi connectivity index (χ2v) is 5.47. The first-order valence-corrected chi connectivity index (χ1v) is 7.24. The van der Waals surface area contributed by atoms with E-state index < -0.39 is 5.56 Å². The molecule has 2 aromatic carbocycles. The molecule has 0 spiro atoms. The maximum Gasteiger partial charge on any atom is 0.295 e. The molecule has 1 heterocycles. The molecule has 6 heteroatoms. The highest BCUT2D eigenvalue weighted by molar-refractivity contribution is 6.32. The van der Waals surface area contributed by atoms with Crippen LogP contribution in [0.3, 0.4) is 0 Å². The van der Waals surface area contributed by atoms with Gasteiger partial charge in [0.25, 0.3) is 5.56 Å². The third-order valence-electron chi connectivity index (χ3n) is 3.48. The van der Waals surface area contributed by atoms with Gasteiger partial charge >= 0.3 is 0 Å². The third kappa shape index (κ3) is 2.83. The molecule has 2 N–H and O–H groups in total. The van der Waals surface area contributed by atoms with Crippen LogP contribution in [0.15, 0.2) is 41.2 Å². The van der Waals surface area contributed by atoms with Crippen LogP contribution in [0.1, 0.15) is 5.56 Å². The van der Waals surface area contributed by atoms with Gasteiger partial charge in [-0.3, -0.25) is 4.79 Å². The maximum absolute atomic E-state index is 12.2. The van der Waals surface area contributed by atoms with Gasteiger partial charge in [0.15, 0.2) is 5.75 Å². The summed E-state index contributed by atoms with van der Waals surface area (Å²) in [7, 11) is 1.53. The Kier molecular flexibility index (Phi) is 3.88. The van der Waals surface area contributed by atoms with Gasteiger partial charge in [-0.05, 0) is 36.8 Å². The Balaban J connectivity index is 2.13. The van der Waals surface area contributed by atoms with E-state index in [0.717, 1.165) is 5.56 Å². The lowest BCUT2D eigenvalue weighted by Gasteiger charge is -2.11. The summed E-state index contributed by atoms with van der Waals surface area (Å²) in [6.07, 6.45) is 0. The molecule has 0 saturated heterocycles. The van der Waals surface area contributed by atoms with E-state index in [1.165, 1.54) is 7.11 Å². The number of aryl methyl sites for hydroxylation is 1. The lowest BCUT2D eigenvalue weighted by molar-refractivity contribution is 0.397. The fourth-order valence-corrected chi connectivity index (χ4v) is 2.43. The average Bonchev–Trinajstić information content (AvgIpc) is 2.54. The minimum absolute atomic E-state index is 0.174. The zero-order chi connectivity index (χ0) is 16.6. The van der Waals surface area contributed by atoms with Crippen LogP contribution in [-0.4, -0.2) is 17.2 Å². The number of methoxy groups -OCH3 is 1. The van der Waals surface area contributed by atoms with Crippen molar-refractivity contribution in [3.63, 3.8) is 0 Å². The quantitative estimate of drug-likeness (QED) is 0.761. The van der Waals surface area contributed by atoms with Gasteiger partial charge in [-0.2, -0.15) is 0 Å². The van der Waals surface area contributed by atoms with Crippen molar-refractivity contribution in [2.75, 3.05) is 7.11 Å². The summed E-state index contributed by atoms with van der Waals surface area (Å²) in [4.78, 5) is 14.9. The largest absolute Gasteiger partial charge is 0.504 e. The molecule has 0 aliphatic carbocycles. The summed E-state index contributed by atoms with van der Waals surface area (Å²) in [6, 6.07) is 10.1. The maximum atomic E-state index is 12.2. The van der Waals surface area contributed by atoms with Crippen molar-refractivity contribution in [3.8, 4) is 23.0 Å². The Morgan fingerprint density at radius 3 is 2.65 bits per heavy atom. The van der Waals surface area contributed by atoms with Crippen LogP contribution >= 0.6 is 11.6 Å². The fourth-order valence-electron chi connectivity index (χ4n) is 2.27. The lowest BCUT2D eigenvalue weighted by Crippen LogP contribution is -2.09. The molecule has 0 fully saturated rings. The summed E-state index contributed by atoms with van der Waals surface area (Å²) in [6.45, 7) is 1.81. The second-order valence-electron chi connectivity index (χ2n) is 5.06. The molecule has 0 atom stereocenters. The van der Waals surface area contributed by atoms with Gasteiger partial charge in [0.2, 0.25) is 5.75 Å². The van der Waals surface area contributed by atoms with Crippen molar-refractivity contribution in [3.05, 3.63) is 57.3 Å². The molecule has 0 aliphatic heterocycles. The van der Waals surface area contributed by atoms with Gasteiger partial charge in [-0.1, -0.05) is 17.7 Å². The second kappa shape index (κ2) is 5.85. The van der Waals surface area contributed by atoms with Crippen molar-refractivity contribution in [1.82, 2.24) is 4.98 Å². The number of aromatic nitrogens is 1. The van der Waals surface area contributed by atoms with E-state index in [4.69, 9.17) is 21.1 Å². The minimum Gasteiger partial charge on any atom is -0.504 e. The Morgan fingerprint density at radius 2 is 1.91 bits per heavy atom. The topological polar surface area (TPSA) is 71.5 Å². The first-order chi connectivity index (χ1) is 11.0.